The van der Waals surface area contributed by atoms with Crippen molar-refractivity contribution < 1.29 is 9.50 Å². The van der Waals surface area contributed by atoms with Gasteiger partial charge >= 0.3 is 0 Å². The van der Waals surface area contributed by atoms with Crippen LogP contribution in [-0.2, 0) is 0 Å². The van der Waals surface area contributed by atoms with Gasteiger partial charge in [-0.15, -0.1) is 11.8 Å². The van der Waals surface area contributed by atoms with Gasteiger partial charge in [-0.05, 0) is 25.1 Å². The zero-order valence-corrected chi connectivity index (χ0v) is 11.0. The number of halogens is 1. The van der Waals surface area contributed by atoms with Crippen LogP contribution < -0.4 is 0 Å². The minimum atomic E-state index is -0.780. The molecule has 2 rings (SSSR count). The highest BCUT2D eigenvalue weighted by Gasteiger charge is 2.12. The van der Waals surface area contributed by atoms with E-state index in [0.717, 1.165) is 4.90 Å². The molecule has 2 aromatic carbocycles. The van der Waals surface area contributed by atoms with Crippen LogP contribution in [0.2, 0.25) is 0 Å². The van der Waals surface area contributed by atoms with Crippen molar-refractivity contribution in [3.63, 3.8) is 0 Å². The summed E-state index contributed by atoms with van der Waals surface area (Å²) in [4.78, 5) is 1.08. The third-order valence-corrected chi connectivity index (χ3v) is 3.78. The summed E-state index contributed by atoms with van der Waals surface area (Å²) in [5, 5.41) is 9.96. The molecule has 0 bridgehead atoms. The Hall–Kier alpha value is -1.32. The van der Waals surface area contributed by atoms with Crippen molar-refractivity contribution in [2.24, 2.45) is 0 Å². The molecule has 1 unspecified atom stereocenters. The summed E-state index contributed by atoms with van der Waals surface area (Å²) in [5.41, 5.74) is 1.56. The van der Waals surface area contributed by atoms with E-state index in [4.69, 9.17) is 0 Å². The highest BCUT2D eigenvalue weighted by Crippen LogP contribution is 2.26. The molecule has 0 radical (unpaired) electrons. The number of benzene rings is 2. The predicted octanol–water partition coefficient (Wildman–Crippen LogP) is 3.96. The minimum Gasteiger partial charge on any atom is -0.387 e. The molecule has 0 saturated heterocycles. The summed E-state index contributed by atoms with van der Waals surface area (Å²) in [6, 6.07) is 14.4. The molecule has 0 saturated carbocycles. The van der Waals surface area contributed by atoms with E-state index < -0.39 is 6.10 Å². The first-order valence-electron chi connectivity index (χ1n) is 5.79. The molecular formula is C15H15FOS. The molecule has 3 heteroatoms. The van der Waals surface area contributed by atoms with Crippen LogP contribution in [0, 0.1) is 12.7 Å². The van der Waals surface area contributed by atoms with Crippen LogP contribution >= 0.6 is 11.8 Å². The summed E-state index contributed by atoms with van der Waals surface area (Å²) in [5.74, 6) is 0.0961. The van der Waals surface area contributed by atoms with Gasteiger partial charge < -0.3 is 5.11 Å². The molecule has 0 aliphatic carbocycles. The molecule has 94 valence electrons. The molecule has 0 aromatic heterocycles. The van der Waals surface area contributed by atoms with E-state index in [-0.39, 0.29) is 5.82 Å². The van der Waals surface area contributed by atoms with Crippen molar-refractivity contribution >= 4 is 11.8 Å². The molecule has 0 amide bonds. The Labute approximate surface area is 111 Å². The largest absolute Gasteiger partial charge is 0.387 e. The number of thioether (sulfide) groups is 1. The van der Waals surface area contributed by atoms with Gasteiger partial charge in [0.05, 0.1) is 6.10 Å². The Balaban J connectivity index is 1.98. The number of rotatable bonds is 4. The summed E-state index contributed by atoms with van der Waals surface area (Å²) in [6.07, 6.45) is -0.780. The Morgan fingerprint density at radius 1 is 1.11 bits per heavy atom. The summed E-state index contributed by atoms with van der Waals surface area (Å²) in [6.45, 7) is 2.03. The van der Waals surface area contributed by atoms with Crippen LogP contribution in [-0.4, -0.2) is 10.9 Å². The van der Waals surface area contributed by atoms with Crippen LogP contribution in [0.25, 0.3) is 0 Å². The normalized spacial score (nSPS) is 12.4. The second-order valence-corrected chi connectivity index (χ2v) is 5.25. The van der Waals surface area contributed by atoms with Crippen molar-refractivity contribution in [2.45, 2.75) is 17.9 Å². The van der Waals surface area contributed by atoms with Crippen LogP contribution in [0.1, 0.15) is 17.2 Å². The maximum Gasteiger partial charge on any atom is 0.129 e. The number of hydrogen-bond donors (Lipinski definition) is 1. The summed E-state index contributed by atoms with van der Waals surface area (Å²) in [7, 11) is 0. The van der Waals surface area contributed by atoms with Crippen molar-refractivity contribution in [2.75, 3.05) is 5.75 Å². The fourth-order valence-electron chi connectivity index (χ4n) is 1.64. The van der Waals surface area contributed by atoms with Crippen LogP contribution in [0.15, 0.2) is 53.4 Å². The lowest BCUT2D eigenvalue weighted by Crippen LogP contribution is -2.03. The molecule has 1 N–H and O–H groups in total. The minimum absolute atomic E-state index is 0.352. The van der Waals surface area contributed by atoms with Crippen molar-refractivity contribution in [3.8, 4) is 0 Å². The highest BCUT2D eigenvalue weighted by molar-refractivity contribution is 7.99. The topological polar surface area (TPSA) is 20.2 Å². The van der Waals surface area contributed by atoms with E-state index in [9.17, 15) is 9.50 Å². The first-order valence-corrected chi connectivity index (χ1v) is 6.77. The molecule has 0 aliphatic heterocycles. The standard InChI is InChI=1S/C15H15FOS/c1-11-6-8-12(9-7-11)18-10-15(17)13-4-2-3-5-14(13)16/h2-9,15,17H,10H2,1H3. The molecule has 0 fully saturated rings. The predicted molar refractivity (Wildman–Crippen MR) is 73.3 cm³/mol. The van der Waals surface area contributed by atoms with Gasteiger partial charge in [0.1, 0.15) is 5.82 Å². The Bertz CT molecular complexity index is 510. The fraction of sp³-hybridized carbons (Fsp3) is 0.200. The third kappa shape index (κ3) is 3.34. The smallest absolute Gasteiger partial charge is 0.129 e. The Kier molecular flexibility index (Phi) is 4.39. The molecule has 1 atom stereocenters. The van der Waals surface area contributed by atoms with Crippen molar-refractivity contribution in [1.29, 1.82) is 0 Å². The van der Waals surface area contributed by atoms with Gasteiger partial charge in [0.15, 0.2) is 0 Å². The van der Waals surface area contributed by atoms with Crippen LogP contribution in [0.3, 0.4) is 0 Å². The van der Waals surface area contributed by atoms with Crippen molar-refractivity contribution in [3.05, 3.63) is 65.5 Å². The lowest BCUT2D eigenvalue weighted by Gasteiger charge is -2.11. The highest BCUT2D eigenvalue weighted by atomic mass is 32.2. The zero-order chi connectivity index (χ0) is 13.0. The lowest BCUT2D eigenvalue weighted by atomic mass is 10.1. The quantitative estimate of drug-likeness (QED) is 0.842. The van der Waals surface area contributed by atoms with E-state index in [1.807, 2.05) is 31.2 Å². The zero-order valence-electron chi connectivity index (χ0n) is 10.1. The van der Waals surface area contributed by atoms with E-state index >= 15 is 0 Å². The molecule has 0 aliphatic rings. The van der Waals surface area contributed by atoms with Gasteiger partial charge in [0.25, 0.3) is 0 Å². The lowest BCUT2D eigenvalue weighted by molar-refractivity contribution is 0.199. The van der Waals surface area contributed by atoms with Crippen LogP contribution in [0.5, 0.6) is 0 Å². The van der Waals surface area contributed by atoms with E-state index in [2.05, 4.69) is 0 Å². The van der Waals surface area contributed by atoms with Gasteiger partial charge in [0, 0.05) is 16.2 Å². The second kappa shape index (κ2) is 6.03. The molecule has 1 nitrogen and oxygen atoms in total. The summed E-state index contributed by atoms with van der Waals surface area (Å²) >= 11 is 1.52. The van der Waals surface area contributed by atoms with E-state index in [1.54, 1.807) is 18.2 Å². The molecule has 2 aromatic rings. The van der Waals surface area contributed by atoms with Gasteiger partial charge in [-0.3, -0.25) is 0 Å². The first-order chi connectivity index (χ1) is 8.66. The number of hydrogen-bond acceptors (Lipinski definition) is 2. The fourth-order valence-corrected chi connectivity index (χ4v) is 2.50. The maximum atomic E-state index is 13.4. The van der Waals surface area contributed by atoms with E-state index in [0.29, 0.717) is 11.3 Å². The molecule has 18 heavy (non-hydrogen) atoms. The number of aliphatic hydroxyl groups is 1. The first kappa shape index (κ1) is 13.1. The average molecular weight is 262 g/mol. The van der Waals surface area contributed by atoms with Gasteiger partial charge in [-0.25, -0.2) is 4.39 Å². The van der Waals surface area contributed by atoms with Crippen LogP contribution in [0.4, 0.5) is 4.39 Å². The van der Waals surface area contributed by atoms with Gasteiger partial charge in [0.2, 0.25) is 0 Å². The van der Waals surface area contributed by atoms with E-state index in [1.165, 1.54) is 23.4 Å². The average Bonchev–Trinajstić information content (AvgIpc) is 2.38. The van der Waals surface area contributed by atoms with Gasteiger partial charge in [-0.1, -0.05) is 35.9 Å². The van der Waals surface area contributed by atoms with Crippen molar-refractivity contribution in [1.82, 2.24) is 0 Å². The molecular weight excluding hydrogens is 247 g/mol. The SMILES string of the molecule is Cc1ccc(SCC(O)c2ccccc2F)cc1. The monoisotopic (exact) mass is 262 g/mol. The maximum absolute atomic E-state index is 13.4. The number of aryl methyl sites for hydroxylation is 1. The van der Waals surface area contributed by atoms with Gasteiger partial charge in [-0.2, -0.15) is 0 Å². The summed E-state index contributed by atoms with van der Waals surface area (Å²) < 4.78 is 13.4. The Morgan fingerprint density at radius 3 is 2.44 bits per heavy atom. The Morgan fingerprint density at radius 2 is 1.78 bits per heavy atom. The second-order valence-electron chi connectivity index (χ2n) is 4.16. The third-order valence-electron chi connectivity index (χ3n) is 2.69. The molecule has 0 spiro atoms. The molecule has 0 heterocycles. The number of aliphatic hydroxyl groups excluding tert-OH is 1.